The van der Waals surface area contributed by atoms with Crippen molar-refractivity contribution in [3.63, 3.8) is 0 Å². The van der Waals surface area contributed by atoms with E-state index in [9.17, 15) is 22.4 Å². The first-order valence-electron chi connectivity index (χ1n) is 4.75. The number of aromatic nitrogens is 4. The van der Waals surface area contributed by atoms with E-state index in [-0.39, 0.29) is 0 Å². The molecule has 0 amide bonds. The van der Waals surface area contributed by atoms with Crippen LogP contribution in [0.4, 0.5) is 17.6 Å². The van der Waals surface area contributed by atoms with Gasteiger partial charge in [-0.15, -0.1) is 5.10 Å². The van der Waals surface area contributed by atoms with Crippen LogP contribution >= 0.6 is 0 Å². The summed E-state index contributed by atoms with van der Waals surface area (Å²) in [5, 5.41) is 17.6. The molecule has 0 spiro atoms. The van der Waals surface area contributed by atoms with Crippen LogP contribution in [0.15, 0.2) is 0 Å². The van der Waals surface area contributed by atoms with Crippen LogP contribution in [-0.2, 0) is 17.3 Å². The van der Waals surface area contributed by atoms with Gasteiger partial charge in [-0.25, -0.2) is 13.5 Å². The Morgan fingerprint density at radius 3 is 2.44 bits per heavy atom. The minimum Gasteiger partial charge on any atom is -0.481 e. The Bertz CT molecular complexity index is 446. The lowest BCUT2D eigenvalue weighted by Gasteiger charge is -2.21. The van der Waals surface area contributed by atoms with Gasteiger partial charge in [0.25, 0.3) is 0 Å². The van der Waals surface area contributed by atoms with Gasteiger partial charge in [-0.2, -0.15) is 8.78 Å². The number of halogens is 4. The number of hydrogen-bond donors (Lipinski definition) is 1. The van der Waals surface area contributed by atoms with Gasteiger partial charge in [-0.3, -0.25) is 4.79 Å². The number of carboxylic acid groups (broad SMARTS) is 1. The molecule has 0 atom stereocenters. The number of alkyl halides is 4. The SMILES string of the molecule is CC(C)(Cn1nnnc1C(F)(F)C(F)F)C(=O)O. The normalized spacial score (nSPS) is 13.1. The van der Waals surface area contributed by atoms with Gasteiger partial charge in [0.1, 0.15) is 0 Å². The third-order valence-corrected chi connectivity index (χ3v) is 2.23. The quantitative estimate of drug-likeness (QED) is 0.811. The van der Waals surface area contributed by atoms with Crippen LogP contribution in [0.1, 0.15) is 19.7 Å². The Kier molecular flexibility index (Phi) is 3.58. The van der Waals surface area contributed by atoms with Crippen LogP contribution in [0.3, 0.4) is 0 Å². The molecule has 0 saturated carbocycles. The maximum atomic E-state index is 13.1. The summed E-state index contributed by atoms with van der Waals surface area (Å²) in [5.74, 6) is -7.17. The lowest BCUT2D eigenvalue weighted by Crippen LogP contribution is -2.34. The van der Waals surface area contributed by atoms with Crippen LogP contribution in [0.25, 0.3) is 0 Å². The van der Waals surface area contributed by atoms with Crippen LogP contribution < -0.4 is 0 Å². The summed E-state index contributed by atoms with van der Waals surface area (Å²) in [6, 6.07) is 0. The van der Waals surface area contributed by atoms with E-state index in [0.29, 0.717) is 4.68 Å². The van der Waals surface area contributed by atoms with Crippen LogP contribution in [0.5, 0.6) is 0 Å². The molecule has 0 radical (unpaired) electrons. The van der Waals surface area contributed by atoms with Crippen molar-refractivity contribution in [2.75, 3.05) is 0 Å². The van der Waals surface area contributed by atoms with E-state index in [1.54, 1.807) is 0 Å². The largest absolute Gasteiger partial charge is 0.481 e. The molecule has 0 unspecified atom stereocenters. The van der Waals surface area contributed by atoms with E-state index in [4.69, 9.17) is 5.11 Å². The zero-order chi connectivity index (χ0) is 14.1. The fourth-order valence-corrected chi connectivity index (χ4v) is 1.09. The van der Waals surface area contributed by atoms with Crippen molar-refractivity contribution in [2.45, 2.75) is 32.7 Å². The van der Waals surface area contributed by atoms with Crippen LogP contribution in [0.2, 0.25) is 0 Å². The topological polar surface area (TPSA) is 80.9 Å². The second kappa shape index (κ2) is 4.50. The molecule has 0 saturated heterocycles. The smallest absolute Gasteiger partial charge is 0.367 e. The maximum absolute atomic E-state index is 13.1. The Morgan fingerprint density at radius 2 is 2.00 bits per heavy atom. The number of hydrogen-bond acceptors (Lipinski definition) is 4. The van der Waals surface area contributed by atoms with Gasteiger partial charge in [0.15, 0.2) is 0 Å². The first kappa shape index (κ1) is 14.3. The molecular formula is C8H10F4N4O2. The van der Waals surface area contributed by atoms with Crippen molar-refractivity contribution in [3.8, 4) is 0 Å². The minimum absolute atomic E-state index is 0.375. The molecule has 1 aromatic heterocycles. The monoisotopic (exact) mass is 270 g/mol. The second-order valence-electron chi connectivity index (χ2n) is 4.27. The summed E-state index contributed by atoms with van der Waals surface area (Å²) in [4.78, 5) is 10.8. The van der Waals surface area contributed by atoms with Crippen molar-refractivity contribution in [3.05, 3.63) is 5.82 Å². The first-order chi connectivity index (χ1) is 8.09. The molecule has 1 rings (SSSR count). The Balaban J connectivity index is 3.08. The third kappa shape index (κ3) is 2.57. The van der Waals surface area contributed by atoms with E-state index >= 15 is 0 Å². The predicted octanol–water partition coefficient (Wildman–Crippen LogP) is 1.14. The van der Waals surface area contributed by atoms with Crippen molar-refractivity contribution < 1.29 is 27.5 Å². The van der Waals surface area contributed by atoms with Gasteiger partial charge < -0.3 is 5.11 Å². The lowest BCUT2D eigenvalue weighted by atomic mass is 9.94. The van der Waals surface area contributed by atoms with Crippen molar-refractivity contribution in [1.29, 1.82) is 0 Å². The van der Waals surface area contributed by atoms with E-state index in [2.05, 4.69) is 15.5 Å². The first-order valence-corrected chi connectivity index (χ1v) is 4.75. The standard InChI is InChI=1S/C8H10F4N4O2/c1-7(2,6(17)18)3-16-5(13-14-15-16)8(11,12)4(9)10/h4H,3H2,1-2H3,(H,17,18). The molecule has 1 aromatic rings. The molecule has 0 aromatic carbocycles. The van der Waals surface area contributed by atoms with Crippen LogP contribution in [0, 0.1) is 5.41 Å². The van der Waals surface area contributed by atoms with E-state index in [0.717, 1.165) is 0 Å². The molecule has 0 fully saturated rings. The highest BCUT2D eigenvalue weighted by molar-refractivity contribution is 5.73. The molecule has 0 bridgehead atoms. The molecule has 0 aliphatic heterocycles. The summed E-state index contributed by atoms with van der Waals surface area (Å²) < 4.78 is 50.9. The fraction of sp³-hybridized carbons (Fsp3) is 0.750. The van der Waals surface area contributed by atoms with Crippen LogP contribution in [-0.4, -0.2) is 37.7 Å². The highest BCUT2D eigenvalue weighted by atomic mass is 19.3. The number of nitrogens with zero attached hydrogens (tertiary/aromatic N) is 4. The summed E-state index contributed by atoms with van der Waals surface area (Å²) in [7, 11) is 0. The third-order valence-electron chi connectivity index (χ3n) is 2.23. The van der Waals surface area contributed by atoms with Gasteiger partial charge >= 0.3 is 18.3 Å². The van der Waals surface area contributed by atoms with Crippen molar-refractivity contribution in [1.82, 2.24) is 20.2 Å². The molecule has 6 nitrogen and oxygen atoms in total. The van der Waals surface area contributed by atoms with Gasteiger partial charge in [0, 0.05) is 0 Å². The maximum Gasteiger partial charge on any atom is 0.367 e. The second-order valence-corrected chi connectivity index (χ2v) is 4.27. The number of rotatable bonds is 5. The Labute approximate surface area is 98.6 Å². The fourth-order valence-electron chi connectivity index (χ4n) is 1.09. The number of carbonyl (C=O) groups is 1. The zero-order valence-electron chi connectivity index (χ0n) is 9.44. The van der Waals surface area contributed by atoms with E-state index in [1.165, 1.54) is 13.8 Å². The summed E-state index contributed by atoms with van der Waals surface area (Å²) in [6.07, 6.45) is -3.98. The highest BCUT2D eigenvalue weighted by Crippen LogP contribution is 2.33. The molecule has 10 heteroatoms. The highest BCUT2D eigenvalue weighted by Gasteiger charge is 2.48. The summed E-state index contributed by atoms with van der Waals surface area (Å²) in [5.41, 5.74) is -1.47. The predicted molar refractivity (Wildman–Crippen MR) is 49.1 cm³/mol. The van der Waals surface area contributed by atoms with Gasteiger partial charge in [-0.05, 0) is 24.3 Å². The van der Waals surface area contributed by atoms with Gasteiger partial charge in [-0.1, -0.05) is 0 Å². The van der Waals surface area contributed by atoms with Crippen molar-refractivity contribution in [2.24, 2.45) is 5.41 Å². The van der Waals surface area contributed by atoms with E-state index in [1.807, 2.05) is 0 Å². The van der Waals surface area contributed by atoms with Crippen molar-refractivity contribution >= 4 is 5.97 Å². The van der Waals surface area contributed by atoms with Gasteiger partial charge in [0.2, 0.25) is 5.82 Å². The molecule has 1 N–H and O–H groups in total. The zero-order valence-corrected chi connectivity index (χ0v) is 9.44. The molecule has 102 valence electrons. The lowest BCUT2D eigenvalue weighted by molar-refractivity contribution is -0.150. The molecule has 0 aliphatic carbocycles. The minimum atomic E-state index is -4.53. The average molecular weight is 270 g/mol. The molecule has 1 heterocycles. The summed E-state index contributed by atoms with van der Waals surface area (Å²) in [6.45, 7) is 1.93. The van der Waals surface area contributed by atoms with E-state index < -0.39 is 36.1 Å². The summed E-state index contributed by atoms with van der Waals surface area (Å²) >= 11 is 0. The Morgan fingerprint density at radius 1 is 1.44 bits per heavy atom. The average Bonchev–Trinajstić information content (AvgIpc) is 2.64. The van der Waals surface area contributed by atoms with Gasteiger partial charge in [0.05, 0.1) is 12.0 Å². The number of tetrazole rings is 1. The molecule has 0 aliphatic rings. The number of carboxylic acids is 1. The Hall–Kier alpha value is -1.74. The molecular weight excluding hydrogens is 260 g/mol. The number of aliphatic carboxylic acids is 1. The molecule has 18 heavy (non-hydrogen) atoms.